The van der Waals surface area contributed by atoms with Crippen molar-refractivity contribution in [2.75, 3.05) is 18.1 Å². The van der Waals surface area contributed by atoms with Gasteiger partial charge in [0.15, 0.2) is 11.6 Å². The predicted molar refractivity (Wildman–Crippen MR) is 102 cm³/mol. The lowest BCUT2D eigenvalue weighted by Crippen LogP contribution is -2.05. The van der Waals surface area contributed by atoms with Crippen LogP contribution in [-0.2, 0) is 0 Å². The molecule has 0 saturated heterocycles. The molecule has 0 spiro atoms. The summed E-state index contributed by atoms with van der Waals surface area (Å²) in [5.74, 6) is 0.874. The van der Waals surface area contributed by atoms with Crippen molar-refractivity contribution < 1.29 is 0 Å². The third-order valence-electron chi connectivity index (χ3n) is 3.98. The van der Waals surface area contributed by atoms with Crippen LogP contribution in [-0.4, -0.2) is 27.2 Å². The van der Waals surface area contributed by atoms with Crippen LogP contribution < -0.4 is 11.1 Å². The van der Waals surface area contributed by atoms with E-state index < -0.39 is 0 Å². The molecule has 4 aromatic rings. The predicted octanol–water partition coefficient (Wildman–Crippen LogP) is 3.96. The number of anilines is 2. The zero-order chi connectivity index (χ0) is 17.4. The van der Waals surface area contributed by atoms with Crippen molar-refractivity contribution in [2.45, 2.75) is 0 Å². The normalized spacial score (nSPS) is 11.0. The summed E-state index contributed by atoms with van der Waals surface area (Å²) in [5, 5.41) is 11.4. The Morgan fingerprint density at radius 2 is 1.80 bits per heavy atom. The molecule has 0 amide bonds. The lowest BCUT2D eigenvalue weighted by molar-refractivity contribution is 1.12. The number of benzene rings is 2. The second-order valence-electron chi connectivity index (χ2n) is 5.56. The van der Waals surface area contributed by atoms with Crippen LogP contribution in [0.5, 0.6) is 0 Å². The number of nitrogen functional groups attached to an aromatic ring is 1. The van der Waals surface area contributed by atoms with Crippen LogP contribution in [0.4, 0.5) is 11.6 Å². The Kier molecular flexibility index (Phi) is 3.74. The molecule has 0 aliphatic carbocycles. The largest absolute Gasteiger partial charge is 0.381 e. The molecule has 4 N–H and O–H groups in total. The minimum atomic E-state index is 0.348. The Morgan fingerprint density at radius 1 is 1.04 bits per heavy atom. The molecule has 2 aromatic carbocycles. The number of H-pyrrole nitrogens is 1. The Labute approximate surface area is 149 Å². The number of hydrogen-bond donors (Lipinski definition) is 3. The molecule has 25 heavy (non-hydrogen) atoms. The molecule has 7 heteroatoms. The van der Waals surface area contributed by atoms with Crippen LogP contribution in [0.3, 0.4) is 0 Å². The van der Waals surface area contributed by atoms with Gasteiger partial charge < -0.3 is 11.1 Å². The summed E-state index contributed by atoms with van der Waals surface area (Å²) in [5.41, 5.74) is 10.0. The van der Waals surface area contributed by atoms with E-state index in [0.29, 0.717) is 28.0 Å². The van der Waals surface area contributed by atoms with Gasteiger partial charge in [0.2, 0.25) is 0 Å². The number of fused-ring (bicyclic) bond motifs is 1. The SMILES string of the molecule is CNc1nc(-c2cc(Cl)c3[nH]ncc3c2)c(-c2ccccc2)nc1N. The highest BCUT2D eigenvalue weighted by atomic mass is 35.5. The van der Waals surface area contributed by atoms with Crippen molar-refractivity contribution in [3.05, 3.63) is 53.7 Å². The van der Waals surface area contributed by atoms with Crippen LogP contribution in [0.15, 0.2) is 48.7 Å². The zero-order valence-corrected chi connectivity index (χ0v) is 14.2. The van der Waals surface area contributed by atoms with Gasteiger partial charge in [-0.25, -0.2) is 9.97 Å². The first-order valence-electron chi connectivity index (χ1n) is 7.71. The molecule has 0 bridgehead atoms. The van der Waals surface area contributed by atoms with Gasteiger partial charge in [-0.3, -0.25) is 5.10 Å². The third-order valence-corrected chi connectivity index (χ3v) is 4.28. The van der Waals surface area contributed by atoms with Crippen LogP contribution in [0.1, 0.15) is 0 Å². The van der Waals surface area contributed by atoms with Gasteiger partial charge in [0.1, 0.15) is 0 Å². The third kappa shape index (κ3) is 2.66. The summed E-state index contributed by atoms with van der Waals surface area (Å²) in [7, 11) is 1.76. The Balaban J connectivity index is 2.01. The number of nitrogens with two attached hydrogens (primary N) is 1. The highest BCUT2D eigenvalue weighted by Gasteiger charge is 2.16. The van der Waals surface area contributed by atoms with E-state index >= 15 is 0 Å². The van der Waals surface area contributed by atoms with Crippen LogP contribution in [0.25, 0.3) is 33.4 Å². The molecule has 0 radical (unpaired) electrons. The summed E-state index contributed by atoms with van der Waals surface area (Å²) in [6.45, 7) is 0. The van der Waals surface area contributed by atoms with Crippen molar-refractivity contribution >= 4 is 34.1 Å². The monoisotopic (exact) mass is 350 g/mol. The minimum absolute atomic E-state index is 0.348. The molecule has 2 heterocycles. The molecule has 0 aliphatic heterocycles. The maximum Gasteiger partial charge on any atom is 0.169 e. The quantitative estimate of drug-likeness (QED) is 0.520. The van der Waals surface area contributed by atoms with Gasteiger partial charge >= 0.3 is 0 Å². The van der Waals surface area contributed by atoms with E-state index in [1.807, 2.05) is 42.5 Å². The zero-order valence-electron chi connectivity index (χ0n) is 13.4. The second kappa shape index (κ2) is 6.07. The fourth-order valence-electron chi connectivity index (χ4n) is 2.78. The Bertz CT molecular complexity index is 1060. The molecule has 2 aromatic heterocycles. The van der Waals surface area contributed by atoms with Crippen molar-refractivity contribution in [3.8, 4) is 22.5 Å². The fraction of sp³-hybridized carbons (Fsp3) is 0.0556. The number of nitrogens with one attached hydrogen (secondary N) is 2. The molecular formula is C18H15ClN6. The van der Waals surface area contributed by atoms with Crippen molar-refractivity contribution in [2.24, 2.45) is 0 Å². The first kappa shape index (κ1) is 15.4. The maximum atomic E-state index is 6.40. The molecule has 0 atom stereocenters. The standard InChI is InChI=1S/C18H15ClN6/c1-21-18-17(20)23-15(10-5-3-2-4-6-10)16(24-18)11-7-12-9-22-25-14(12)13(19)8-11/h2-9H,1H3,(H2,20,23)(H,21,24)(H,22,25). The maximum absolute atomic E-state index is 6.40. The first-order valence-corrected chi connectivity index (χ1v) is 8.09. The highest BCUT2D eigenvalue weighted by molar-refractivity contribution is 6.35. The Hall–Kier alpha value is -3.12. The smallest absolute Gasteiger partial charge is 0.169 e. The molecule has 4 rings (SSSR count). The molecule has 0 unspecified atom stereocenters. The number of halogens is 1. The summed E-state index contributed by atoms with van der Waals surface area (Å²) in [6.07, 6.45) is 1.73. The summed E-state index contributed by atoms with van der Waals surface area (Å²) >= 11 is 6.40. The molecule has 0 fully saturated rings. The number of aromatic amines is 1. The summed E-state index contributed by atoms with van der Waals surface area (Å²) in [4.78, 5) is 9.26. The van der Waals surface area contributed by atoms with Gasteiger partial charge in [0.05, 0.1) is 28.1 Å². The van der Waals surface area contributed by atoms with Gasteiger partial charge in [-0.05, 0) is 12.1 Å². The minimum Gasteiger partial charge on any atom is -0.381 e. The lowest BCUT2D eigenvalue weighted by Gasteiger charge is -2.13. The number of hydrogen-bond acceptors (Lipinski definition) is 5. The van der Waals surface area contributed by atoms with E-state index in [1.165, 1.54) is 0 Å². The van der Waals surface area contributed by atoms with Gasteiger partial charge in [-0.1, -0.05) is 41.9 Å². The van der Waals surface area contributed by atoms with Crippen LogP contribution in [0, 0.1) is 0 Å². The van der Waals surface area contributed by atoms with E-state index in [9.17, 15) is 0 Å². The molecule has 0 aliphatic rings. The number of nitrogens with zero attached hydrogens (tertiary/aromatic N) is 3. The van der Waals surface area contributed by atoms with E-state index in [-0.39, 0.29) is 0 Å². The van der Waals surface area contributed by atoms with E-state index in [0.717, 1.165) is 22.0 Å². The van der Waals surface area contributed by atoms with Crippen molar-refractivity contribution in [3.63, 3.8) is 0 Å². The molecule has 6 nitrogen and oxygen atoms in total. The Morgan fingerprint density at radius 3 is 2.56 bits per heavy atom. The average Bonchev–Trinajstić information content (AvgIpc) is 3.11. The summed E-state index contributed by atoms with van der Waals surface area (Å²) < 4.78 is 0. The van der Waals surface area contributed by atoms with Gasteiger partial charge in [0, 0.05) is 23.6 Å². The van der Waals surface area contributed by atoms with Gasteiger partial charge in [0.25, 0.3) is 0 Å². The lowest BCUT2D eigenvalue weighted by atomic mass is 10.0. The van der Waals surface area contributed by atoms with Crippen molar-refractivity contribution in [1.82, 2.24) is 20.2 Å². The van der Waals surface area contributed by atoms with E-state index in [2.05, 4.69) is 25.5 Å². The molecular weight excluding hydrogens is 336 g/mol. The van der Waals surface area contributed by atoms with Gasteiger partial charge in [-0.15, -0.1) is 0 Å². The van der Waals surface area contributed by atoms with Crippen LogP contribution >= 0.6 is 11.6 Å². The average molecular weight is 351 g/mol. The van der Waals surface area contributed by atoms with Crippen LogP contribution in [0.2, 0.25) is 5.02 Å². The fourth-order valence-corrected chi connectivity index (χ4v) is 3.05. The number of aromatic nitrogens is 4. The summed E-state index contributed by atoms with van der Waals surface area (Å²) in [6, 6.07) is 13.7. The van der Waals surface area contributed by atoms with Gasteiger partial charge in [-0.2, -0.15) is 5.10 Å². The topological polar surface area (TPSA) is 92.5 Å². The first-order chi connectivity index (χ1) is 12.2. The highest BCUT2D eigenvalue weighted by Crippen LogP contribution is 2.35. The number of rotatable bonds is 3. The van der Waals surface area contributed by atoms with E-state index in [1.54, 1.807) is 13.2 Å². The molecule has 0 saturated carbocycles. The van der Waals surface area contributed by atoms with E-state index in [4.69, 9.17) is 17.3 Å². The second-order valence-corrected chi connectivity index (χ2v) is 5.97. The molecule has 124 valence electrons. The van der Waals surface area contributed by atoms with Crippen molar-refractivity contribution in [1.29, 1.82) is 0 Å².